The Labute approximate surface area is 143 Å². The molecule has 2 aromatic rings. The molecule has 0 radical (unpaired) electrons. The van der Waals surface area contributed by atoms with Gasteiger partial charge < -0.3 is 14.8 Å². The molecule has 23 heavy (non-hydrogen) atoms. The van der Waals surface area contributed by atoms with Crippen LogP contribution in [0.4, 0.5) is 0 Å². The van der Waals surface area contributed by atoms with Crippen molar-refractivity contribution in [2.45, 2.75) is 19.4 Å². The Morgan fingerprint density at radius 2 is 1.83 bits per heavy atom. The first kappa shape index (κ1) is 15.9. The summed E-state index contributed by atoms with van der Waals surface area (Å²) in [6.07, 6.45) is 0.368. The van der Waals surface area contributed by atoms with Crippen molar-refractivity contribution in [2.24, 2.45) is 0 Å². The third kappa shape index (κ3) is 3.85. The van der Waals surface area contributed by atoms with Crippen LogP contribution in [0.2, 0.25) is 0 Å². The van der Waals surface area contributed by atoms with E-state index in [4.69, 9.17) is 9.47 Å². The summed E-state index contributed by atoms with van der Waals surface area (Å²) in [6.45, 7) is 3.06. The summed E-state index contributed by atoms with van der Waals surface area (Å²) in [5, 5.41) is 3.03. The SMILES string of the molecule is CC(NC(=O)Cc1ccccc1)c1cc2c(cc1Br)OCCO2. The number of hydrogen-bond acceptors (Lipinski definition) is 3. The van der Waals surface area contributed by atoms with Crippen molar-refractivity contribution in [3.05, 3.63) is 58.1 Å². The molecule has 0 saturated carbocycles. The van der Waals surface area contributed by atoms with Gasteiger partial charge in [0.25, 0.3) is 0 Å². The second kappa shape index (κ2) is 7.04. The largest absolute Gasteiger partial charge is 0.486 e. The molecule has 1 aliphatic heterocycles. The lowest BCUT2D eigenvalue weighted by atomic mass is 10.1. The van der Waals surface area contributed by atoms with Gasteiger partial charge in [0.05, 0.1) is 12.5 Å². The Balaban J connectivity index is 1.70. The molecular formula is C18H18BrNO3. The monoisotopic (exact) mass is 375 g/mol. The normalized spacial score (nSPS) is 14.2. The van der Waals surface area contributed by atoms with E-state index in [-0.39, 0.29) is 11.9 Å². The number of carbonyl (C=O) groups is 1. The van der Waals surface area contributed by atoms with E-state index < -0.39 is 0 Å². The van der Waals surface area contributed by atoms with E-state index in [1.807, 2.05) is 49.4 Å². The lowest BCUT2D eigenvalue weighted by Crippen LogP contribution is -2.28. The Bertz CT molecular complexity index is 703. The van der Waals surface area contributed by atoms with Crippen LogP contribution in [0, 0.1) is 0 Å². The van der Waals surface area contributed by atoms with E-state index in [2.05, 4.69) is 21.2 Å². The number of fused-ring (bicyclic) bond motifs is 1. The number of ether oxygens (including phenoxy) is 2. The van der Waals surface area contributed by atoms with Crippen LogP contribution in [-0.2, 0) is 11.2 Å². The van der Waals surface area contributed by atoms with E-state index in [1.165, 1.54) is 0 Å². The van der Waals surface area contributed by atoms with Gasteiger partial charge in [-0.1, -0.05) is 46.3 Å². The first-order valence-electron chi connectivity index (χ1n) is 7.56. The molecule has 0 fully saturated rings. The summed E-state index contributed by atoms with van der Waals surface area (Å²) < 4.78 is 12.1. The van der Waals surface area contributed by atoms with Crippen molar-refractivity contribution < 1.29 is 14.3 Å². The molecule has 0 aliphatic carbocycles. The molecule has 1 unspecified atom stereocenters. The predicted molar refractivity (Wildman–Crippen MR) is 91.8 cm³/mol. The Hall–Kier alpha value is -2.01. The summed E-state index contributed by atoms with van der Waals surface area (Å²) in [5.41, 5.74) is 1.97. The summed E-state index contributed by atoms with van der Waals surface area (Å²) in [4.78, 5) is 12.2. The van der Waals surface area contributed by atoms with Gasteiger partial charge in [-0.3, -0.25) is 4.79 Å². The molecular weight excluding hydrogens is 358 g/mol. The summed E-state index contributed by atoms with van der Waals surface area (Å²) in [5.74, 6) is 1.44. The van der Waals surface area contributed by atoms with Gasteiger partial charge in [0, 0.05) is 4.47 Å². The molecule has 1 amide bonds. The van der Waals surface area contributed by atoms with Gasteiger partial charge in [-0.25, -0.2) is 0 Å². The maximum absolute atomic E-state index is 12.2. The van der Waals surface area contributed by atoms with E-state index in [0.29, 0.717) is 19.6 Å². The standard InChI is InChI=1S/C18H18BrNO3/c1-12(20-18(21)9-13-5-3-2-4-6-13)14-10-16-17(11-15(14)19)23-8-7-22-16/h2-6,10-12H,7-9H2,1H3,(H,20,21). The van der Waals surface area contributed by atoms with Gasteiger partial charge >= 0.3 is 0 Å². The average molecular weight is 376 g/mol. The van der Waals surface area contributed by atoms with E-state index in [0.717, 1.165) is 27.1 Å². The Kier molecular flexibility index (Phi) is 4.86. The first-order chi connectivity index (χ1) is 11.1. The van der Waals surface area contributed by atoms with Crippen LogP contribution in [0.3, 0.4) is 0 Å². The zero-order valence-electron chi connectivity index (χ0n) is 12.8. The molecule has 1 heterocycles. The topological polar surface area (TPSA) is 47.6 Å². The fraction of sp³-hybridized carbons (Fsp3) is 0.278. The van der Waals surface area contributed by atoms with Crippen LogP contribution in [-0.4, -0.2) is 19.1 Å². The van der Waals surface area contributed by atoms with Crippen molar-refractivity contribution in [1.82, 2.24) is 5.32 Å². The van der Waals surface area contributed by atoms with Crippen molar-refractivity contribution >= 4 is 21.8 Å². The van der Waals surface area contributed by atoms with Crippen molar-refractivity contribution in [2.75, 3.05) is 13.2 Å². The second-order valence-electron chi connectivity index (χ2n) is 5.47. The van der Waals surface area contributed by atoms with E-state index in [1.54, 1.807) is 0 Å². The molecule has 0 spiro atoms. The highest BCUT2D eigenvalue weighted by Crippen LogP contribution is 2.37. The lowest BCUT2D eigenvalue weighted by molar-refractivity contribution is -0.121. The maximum Gasteiger partial charge on any atom is 0.224 e. The Morgan fingerprint density at radius 3 is 2.52 bits per heavy atom. The minimum atomic E-state index is -0.128. The highest BCUT2D eigenvalue weighted by Gasteiger charge is 2.19. The fourth-order valence-electron chi connectivity index (χ4n) is 2.56. The van der Waals surface area contributed by atoms with Gasteiger partial charge in [-0.2, -0.15) is 0 Å². The summed E-state index contributed by atoms with van der Waals surface area (Å²) in [6, 6.07) is 13.4. The van der Waals surface area contributed by atoms with Gasteiger partial charge in [0.2, 0.25) is 5.91 Å². The van der Waals surface area contributed by atoms with Crippen molar-refractivity contribution in [3.8, 4) is 11.5 Å². The molecule has 5 heteroatoms. The summed E-state index contributed by atoms with van der Waals surface area (Å²) in [7, 11) is 0. The summed E-state index contributed by atoms with van der Waals surface area (Å²) >= 11 is 3.55. The lowest BCUT2D eigenvalue weighted by Gasteiger charge is -2.22. The van der Waals surface area contributed by atoms with Crippen LogP contribution in [0.1, 0.15) is 24.1 Å². The molecule has 0 saturated heterocycles. The number of hydrogen-bond donors (Lipinski definition) is 1. The second-order valence-corrected chi connectivity index (χ2v) is 6.32. The van der Waals surface area contributed by atoms with Gasteiger partial charge in [0.1, 0.15) is 13.2 Å². The first-order valence-corrected chi connectivity index (χ1v) is 8.35. The number of carbonyl (C=O) groups excluding carboxylic acids is 1. The van der Waals surface area contributed by atoms with Crippen LogP contribution in [0.5, 0.6) is 11.5 Å². The zero-order valence-corrected chi connectivity index (χ0v) is 14.4. The van der Waals surface area contributed by atoms with Crippen LogP contribution in [0.25, 0.3) is 0 Å². The highest BCUT2D eigenvalue weighted by molar-refractivity contribution is 9.10. The van der Waals surface area contributed by atoms with Crippen LogP contribution in [0.15, 0.2) is 46.9 Å². The molecule has 1 N–H and O–H groups in total. The fourth-order valence-corrected chi connectivity index (χ4v) is 3.23. The third-order valence-electron chi connectivity index (χ3n) is 3.71. The molecule has 4 nitrogen and oxygen atoms in total. The van der Waals surface area contributed by atoms with Gasteiger partial charge in [0.15, 0.2) is 11.5 Å². The van der Waals surface area contributed by atoms with E-state index >= 15 is 0 Å². The van der Waals surface area contributed by atoms with Gasteiger partial charge in [-0.05, 0) is 30.2 Å². The number of nitrogens with one attached hydrogen (secondary N) is 1. The molecule has 3 rings (SSSR count). The number of halogens is 1. The van der Waals surface area contributed by atoms with Crippen molar-refractivity contribution in [1.29, 1.82) is 0 Å². The zero-order chi connectivity index (χ0) is 16.2. The molecule has 120 valence electrons. The van der Waals surface area contributed by atoms with Crippen molar-refractivity contribution in [3.63, 3.8) is 0 Å². The highest BCUT2D eigenvalue weighted by atomic mass is 79.9. The third-order valence-corrected chi connectivity index (χ3v) is 4.40. The molecule has 0 aromatic heterocycles. The molecule has 1 aliphatic rings. The minimum absolute atomic E-state index is 0.00881. The van der Waals surface area contributed by atoms with Crippen LogP contribution >= 0.6 is 15.9 Å². The molecule has 2 aromatic carbocycles. The minimum Gasteiger partial charge on any atom is -0.486 e. The van der Waals surface area contributed by atoms with Gasteiger partial charge in [-0.15, -0.1) is 0 Å². The number of benzene rings is 2. The van der Waals surface area contributed by atoms with Crippen LogP contribution < -0.4 is 14.8 Å². The molecule has 1 atom stereocenters. The maximum atomic E-state index is 12.2. The number of rotatable bonds is 4. The predicted octanol–water partition coefficient (Wildman–Crippen LogP) is 3.64. The average Bonchev–Trinajstić information content (AvgIpc) is 2.55. The Morgan fingerprint density at radius 1 is 1.17 bits per heavy atom. The smallest absolute Gasteiger partial charge is 0.224 e. The number of amides is 1. The quantitative estimate of drug-likeness (QED) is 0.887. The van der Waals surface area contributed by atoms with E-state index in [9.17, 15) is 4.79 Å². The molecule has 0 bridgehead atoms.